The second kappa shape index (κ2) is 6.74. The summed E-state index contributed by atoms with van der Waals surface area (Å²) in [5, 5.41) is 8.47. The predicted octanol–water partition coefficient (Wildman–Crippen LogP) is 3.85. The number of nitrogens with zero attached hydrogens (tertiary/aromatic N) is 6. The van der Waals surface area contributed by atoms with E-state index in [1.165, 1.54) is 25.7 Å². The Bertz CT molecular complexity index is 1120. The Morgan fingerprint density at radius 1 is 1.18 bits per heavy atom. The zero-order chi connectivity index (χ0) is 19.1. The van der Waals surface area contributed by atoms with Crippen molar-refractivity contribution < 1.29 is 0 Å². The number of pyridine rings is 1. The second-order valence-corrected chi connectivity index (χ2v) is 7.47. The first-order valence-electron chi connectivity index (χ1n) is 9.75. The van der Waals surface area contributed by atoms with Gasteiger partial charge in [0.2, 0.25) is 5.82 Å². The summed E-state index contributed by atoms with van der Waals surface area (Å²) in [4.78, 5) is 13.6. The molecule has 0 amide bonds. The number of nitrogens with one attached hydrogen (secondary N) is 1. The number of anilines is 1. The molecule has 0 radical (unpaired) electrons. The number of hydrogen-bond acceptors (Lipinski definition) is 5. The highest BCUT2D eigenvalue weighted by molar-refractivity contribution is 5.83. The lowest BCUT2D eigenvalue weighted by Crippen LogP contribution is -2.17. The molecule has 0 aliphatic heterocycles. The Balaban J connectivity index is 1.71. The molecule has 1 aliphatic rings. The van der Waals surface area contributed by atoms with E-state index >= 15 is 0 Å². The number of aryl methyl sites for hydroxylation is 2. The average Bonchev–Trinajstić information content (AvgIpc) is 3.43. The van der Waals surface area contributed by atoms with E-state index < -0.39 is 0 Å². The fourth-order valence-electron chi connectivity index (χ4n) is 4.08. The quantitative estimate of drug-likeness (QED) is 0.588. The molecule has 4 aromatic heterocycles. The first-order valence-corrected chi connectivity index (χ1v) is 9.75. The van der Waals surface area contributed by atoms with Crippen molar-refractivity contribution in [2.45, 2.75) is 38.6 Å². The van der Waals surface area contributed by atoms with E-state index in [2.05, 4.69) is 34.5 Å². The monoisotopic (exact) mass is 373 g/mol. The summed E-state index contributed by atoms with van der Waals surface area (Å²) in [7, 11) is 1.96. The molecule has 0 unspecified atom stereocenters. The van der Waals surface area contributed by atoms with Gasteiger partial charge < -0.3 is 9.88 Å². The molecule has 0 aromatic carbocycles. The van der Waals surface area contributed by atoms with Crippen LogP contribution < -0.4 is 5.32 Å². The van der Waals surface area contributed by atoms with E-state index in [0.29, 0.717) is 11.9 Å². The van der Waals surface area contributed by atoms with Crippen molar-refractivity contribution in [3.8, 4) is 22.8 Å². The molecule has 4 aromatic rings. The molecule has 142 valence electrons. The van der Waals surface area contributed by atoms with Crippen LogP contribution in [0.1, 0.15) is 31.2 Å². The standard InChI is InChI=1S/C21H23N7/c1-14-17(15-6-5-9-22-12-15)13-28-18(14)19(24-16-7-3-4-8-16)25-20(26-28)21-23-10-11-27(21)2/h5-6,9-13,16H,3-4,7-8H2,1-2H3,(H,24,25,26). The van der Waals surface area contributed by atoms with Crippen LogP contribution in [0.4, 0.5) is 5.82 Å². The van der Waals surface area contributed by atoms with Crippen molar-refractivity contribution in [3.05, 3.63) is 48.7 Å². The Kier molecular flexibility index (Phi) is 4.07. The lowest BCUT2D eigenvalue weighted by molar-refractivity contribution is 0.746. The van der Waals surface area contributed by atoms with Crippen LogP contribution in [0.2, 0.25) is 0 Å². The summed E-state index contributed by atoms with van der Waals surface area (Å²) >= 11 is 0. The first-order chi connectivity index (χ1) is 13.7. The third-order valence-corrected chi connectivity index (χ3v) is 5.57. The zero-order valence-corrected chi connectivity index (χ0v) is 16.1. The molecule has 7 heteroatoms. The highest BCUT2D eigenvalue weighted by Gasteiger charge is 2.21. The number of aromatic nitrogens is 6. The fourth-order valence-corrected chi connectivity index (χ4v) is 4.08. The van der Waals surface area contributed by atoms with Crippen molar-refractivity contribution >= 4 is 11.3 Å². The van der Waals surface area contributed by atoms with Gasteiger partial charge in [0.05, 0.1) is 0 Å². The van der Waals surface area contributed by atoms with Crippen LogP contribution in [0.5, 0.6) is 0 Å². The molecule has 1 N–H and O–H groups in total. The summed E-state index contributed by atoms with van der Waals surface area (Å²) in [5.41, 5.74) is 4.37. The van der Waals surface area contributed by atoms with Gasteiger partial charge in [0.1, 0.15) is 5.52 Å². The van der Waals surface area contributed by atoms with E-state index in [1.54, 1.807) is 12.4 Å². The van der Waals surface area contributed by atoms with Gasteiger partial charge in [-0.15, -0.1) is 5.10 Å². The summed E-state index contributed by atoms with van der Waals surface area (Å²) in [6.45, 7) is 2.13. The van der Waals surface area contributed by atoms with Gasteiger partial charge in [-0.3, -0.25) is 4.98 Å². The lowest BCUT2D eigenvalue weighted by atomic mass is 10.1. The normalized spacial score (nSPS) is 14.8. The van der Waals surface area contributed by atoms with Crippen LogP contribution in [0, 0.1) is 6.92 Å². The Labute approximate surface area is 163 Å². The van der Waals surface area contributed by atoms with Gasteiger partial charge in [-0.1, -0.05) is 18.9 Å². The molecule has 1 saturated carbocycles. The Morgan fingerprint density at radius 2 is 2.04 bits per heavy atom. The van der Waals surface area contributed by atoms with Crippen LogP contribution >= 0.6 is 0 Å². The molecule has 0 atom stereocenters. The van der Waals surface area contributed by atoms with Gasteiger partial charge in [0, 0.05) is 55.2 Å². The average molecular weight is 373 g/mol. The Hall–Kier alpha value is -3.22. The van der Waals surface area contributed by atoms with Crippen LogP contribution in [0.15, 0.2) is 43.1 Å². The van der Waals surface area contributed by atoms with E-state index in [4.69, 9.17) is 10.1 Å². The number of hydrogen-bond donors (Lipinski definition) is 1. The van der Waals surface area contributed by atoms with E-state index in [-0.39, 0.29) is 0 Å². The van der Waals surface area contributed by atoms with Crippen molar-refractivity contribution in [3.63, 3.8) is 0 Å². The van der Waals surface area contributed by atoms with Gasteiger partial charge in [-0.25, -0.2) is 14.5 Å². The van der Waals surface area contributed by atoms with Gasteiger partial charge in [0.25, 0.3) is 0 Å². The molecular formula is C21H23N7. The molecule has 1 fully saturated rings. The maximum absolute atomic E-state index is 4.89. The SMILES string of the molecule is Cc1c(-c2cccnc2)cn2nc(-c3nccn3C)nc(NC3CCCC3)c12. The van der Waals surface area contributed by atoms with E-state index in [1.807, 2.05) is 34.6 Å². The molecule has 7 nitrogen and oxygen atoms in total. The van der Waals surface area contributed by atoms with Crippen LogP contribution in [-0.2, 0) is 7.05 Å². The van der Waals surface area contributed by atoms with Gasteiger partial charge >= 0.3 is 0 Å². The zero-order valence-electron chi connectivity index (χ0n) is 16.1. The second-order valence-electron chi connectivity index (χ2n) is 7.47. The van der Waals surface area contributed by atoms with Crippen LogP contribution in [0.3, 0.4) is 0 Å². The minimum Gasteiger partial charge on any atom is -0.365 e. The predicted molar refractivity (Wildman–Crippen MR) is 109 cm³/mol. The van der Waals surface area contributed by atoms with Gasteiger partial charge in [-0.2, -0.15) is 0 Å². The van der Waals surface area contributed by atoms with Gasteiger partial charge in [-0.05, 0) is 31.4 Å². The minimum atomic E-state index is 0.462. The fraction of sp³-hybridized carbons (Fsp3) is 0.333. The molecule has 28 heavy (non-hydrogen) atoms. The minimum absolute atomic E-state index is 0.462. The molecule has 0 spiro atoms. The Morgan fingerprint density at radius 3 is 2.75 bits per heavy atom. The first kappa shape index (κ1) is 16.9. The summed E-state index contributed by atoms with van der Waals surface area (Å²) in [6, 6.07) is 4.50. The van der Waals surface area contributed by atoms with E-state index in [9.17, 15) is 0 Å². The molecule has 1 aliphatic carbocycles. The molecule has 0 bridgehead atoms. The van der Waals surface area contributed by atoms with E-state index in [0.717, 1.165) is 33.8 Å². The maximum atomic E-state index is 4.89. The molecular weight excluding hydrogens is 350 g/mol. The smallest absolute Gasteiger partial charge is 0.218 e. The summed E-state index contributed by atoms with van der Waals surface area (Å²) in [5.74, 6) is 2.26. The van der Waals surface area contributed by atoms with Crippen molar-refractivity contribution in [2.75, 3.05) is 5.32 Å². The van der Waals surface area contributed by atoms with Crippen LogP contribution in [0.25, 0.3) is 28.3 Å². The maximum Gasteiger partial charge on any atom is 0.218 e. The highest BCUT2D eigenvalue weighted by Crippen LogP contribution is 2.33. The topological polar surface area (TPSA) is 72.9 Å². The highest BCUT2D eigenvalue weighted by atomic mass is 15.3. The summed E-state index contributed by atoms with van der Waals surface area (Å²) < 4.78 is 3.88. The largest absolute Gasteiger partial charge is 0.365 e. The number of fused-ring (bicyclic) bond motifs is 1. The summed E-state index contributed by atoms with van der Waals surface area (Å²) in [6.07, 6.45) is 14.3. The van der Waals surface area contributed by atoms with Crippen molar-refractivity contribution in [2.24, 2.45) is 7.05 Å². The third kappa shape index (κ3) is 2.83. The van der Waals surface area contributed by atoms with Crippen LogP contribution in [-0.4, -0.2) is 35.2 Å². The van der Waals surface area contributed by atoms with Gasteiger partial charge in [0.15, 0.2) is 11.6 Å². The third-order valence-electron chi connectivity index (χ3n) is 5.57. The molecule has 5 rings (SSSR count). The van der Waals surface area contributed by atoms with Crippen molar-refractivity contribution in [1.29, 1.82) is 0 Å². The molecule has 0 saturated heterocycles. The number of rotatable bonds is 4. The number of imidazole rings is 1. The molecule has 4 heterocycles. The lowest BCUT2D eigenvalue weighted by Gasteiger charge is -2.15. The van der Waals surface area contributed by atoms with Crippen molar-refractivity contribution in [1.82, 2.24) is 29.1 Å².